The monoisotopic (exact) mass is 243 g/mol. The van der Waals surface area contributed by atoms with Crippen LogP contribution in [0.3, 0.4) is 0 Å². The Morgan fingerprint density at radius 2 is 2.07 bits per heavy atom. The van der Waals surface area contributed by atoms with E-state index in [0.29, 0.717) is 5.52 Å². The van der Waals surface area contributed by atoms with Crippen LogP contribution in [-0.4, -0.2) is 4.98 Å². The largest absolute Gasteiger partial charge is 0.233 e. The summed E-state index contributed by atoms with van der Waals surface area (Å²) in [5.41, 5.74) is 1.86. The van der Waals surface area contributed by atoms with Crippen LogP contribution in [0.15, 0.2) is 18.2 Å². The predicted octanol–water partition coefficient (Wildman–Crippen LogP) is 4.07. The van der Waals surface area contributed by atoms with E-state index in [1.54, 1.807) is 6.07 Å². The number of rotatable bonds is 1. The lowest BCUT2D eigenvalue weighted by molar-refractivity contribution is 0.635. The Kier molecular flexibility index (Phi) is 2.81. The predicted molar refractivity (Wildman–Crippen MR) is 61.0 cm³/mol. The number of hydrogen-bond donors (Lipinski definition) is 0. The molecule has 0 saturated carbocycles. The van der Waals surface area contributed by atoms with Crippen LogP contribution in [0.25, 0.3) is 10.9 Å². The van der Waals surface area contributed by atoms with Crippen LogP contribution in [0.5, 0.6) is 0 Å². The maximum atomic E-state index is 13.5. The summed E-state index contributed by atoms with van der Waals surface area (Å²) in [5.74, 6) is -0.0785. The fraction of sp³-hybridized carbons (Fsp3) is 0.182. The highest BCUT2D eigenvalue weighted by molar-refractivity contribution is 6.31. The zero-order chi connectivity index (χ0) is 11.0. The van der Waals surface area contributed by atoms with Crippen LogP contribution in [0.2, 0.25) is 5.15 Å². The van der Waals surface area contributed by atoms with Gasteiger partial charge in [0.15, 0.2) is 0 Å². The lowest BCUT2D eigenvalue weighted by atomic mass is 10.1. The lowest BCUT2D eigenvalue weighted by Crippen LogP contribution is -1.91. The molecule has 15 heavy (non-hydrogen) atoms. The summed E-state index contributed by atoms with van der Waals surface area (Å²) >= 11 is 11.5. The molecule has 0 amide bonds. The second-order valence-corrected chi connectivity index (χ2v) is 4.02. The van der Waals surface area contributed by atoms with Crippen molar-refractivity contribution in [2.24, 2.45) is 0 Å². The molecule has 0 N–H and O–H groups in total. The maximum Gasteiger partial charge on any atom is 0.149 e. The first kappa shape index (κ1) is 10.7. The average molecular weight is 244 g/mol. The van der Waals surface area contributed by atoms with Gasteiger partial charge in [-0.3, -0.25) is 0 Å². The molecule has 0 atom stereocenters. The lowest BCUT2D eigenvalue weighted by Gasteiger charge is -2.05. The molecule has 0 radical (unpaired) electrons. The van der Waals surface area contributed by atoms with Gasteiger partial charge in [0.25, 0.3) is 0 Å². The van der Waals surface area contributed by atoms with Crippen molar-refractivity contribution >= 4 is 34.1 Å². The van der Waals surface area contributed by atoms with Gasteiger partial charge in [0, 0.05) is 10.9 Å². The minimum Gasteiger partial charge on any atom is -0.233 e. The third kappa shape index (κ3) is 1.92. The van der Waals surface area contributed by atoms with Gasteiger partial charge in [-0.2, -0.15) is 0 Å². The SMILES string of the molecule is Cc1cc(F)c2nc(Cl)c(CCl)cc2c1. The number of pyridine rings is 1. The van der Waals surface area contributed by atoms with Crippen molar-refractivity contribution in [3.05, 3.63) is 40.3 Å². The molecular formula is C11H8Cl2FN. The minimum absolute atomic E-state index is 0.264. The van der Waals surface area contributed by atoms with Crippen molar-refractivity contribution in [2.45, 2.75) is 12.8 Å². The zero-order valence-electron chi connectivity index (χ0n) is 8.02. The van der Waals surface area contributed by atoms with Crippen LogP contribution < -0.4 is 0 Å². The van der Waals surface area contributed by atoms with E-state index < -0.39 is 0 Å². The molecule has 0 saturated heterocycles. The van der Waals surface area contributed by atoms with Gasteiger partial charge in [-0.05, 0) is 30.7 Å². The molecule has 1 aromatic heterocycles. The van der Waals surface area contributed by atoms with Gasteiger partial charge in [0.2, 0.25) is 0 Å². The Labute approximate surface area is 96.8 Å². The van der Waals surface area contributed by atoms with Gasteiger partial charge in [-0.15, -0.1) is 11.6 Å². The molecule has 0 bridgehead atoms. The number of hydrogen-bond acceptors (Lipinski definition) is 1. The van der Waals surface area contributed by atoms with Crippen LogP contribution >= 0.6 is 23.2 Å². The Hall–Kier alpha value is -0.860. The zero-order valence-corrected chi connectivity index (χ0v) is 9.53. The van der Waals surface area contributed by atoms with Crippen molar-refractivity contribution < 1.29 is 4.39 Å². The molecule has 4 heteroatoms. The van der Waals surface area contributed by atoms with Gasteiger partial charge in [0.1, 0.15) is 16.5 Å². The molecule has 1 aromatic carbocycles. The summed E-state index contributed by atoms with van der Waals surface area (Å²) in [4.78, 5) is 3.99. The van der Waals surface area contributed by atoms with Gasteiger partial charge in [0.05, 0.1) is 5.88 Å². The first-order chi connectivity index (χ1) is 7.11. The fourth-order valence-electron chi connectivity index (χ4n) is 1.50. The molecule has 0 unspecified atom stereocenters. The second kappa shape index (κ2) is 3.95. The van der Waals surface area contributed by atoms with E-state index in [9.17, 15) is 4.39 Å². The summed E-state index contributed by atoms with van der Waals surface area (Å²) in [6.07, 6.45) is 0. The Bertz CT molecular complexity index is 525. The highest BCUT2D eigenvalue weighted by atomic mass is 35.5. The van der Waals surface area contributed by atoms with Gasteiger partial charge >= 0.3 is 0 Å². The van der Waals surface area contributed by atoms with E-state index in [1.165, 1.54) is 6.07 Å². The van der Waals surface area contributed by atoms with E-state index in [4.69, 9.17) is 23.2 Å². The topological polar surface area (TPSA) is 12.9 Å². The summed E-state index contributed by atoms with van der Waals surface area (Å²) in [7, 11) is 0. The van der Waals surface area contributed by atoms with Gasteiger partial charge in [-0.1, -0.05) is 11.6 Å². The van der Waals surface area contributed by atoms with Crippen molar-refractivity contribution in [1.29, 1.82) is 0 Å². The summed E-state index contributed by atoms with van der Waals surface area (Å²) in [6.45, 7) is 1.83. The number of halogens is 3. The average Bonchev–Trinajstić information content (AvgIpc) is 2.18. The first-order valence-electron chi connectivity index (χ1n) is 4.43. The molecule has 0 aliphatic heterocycles. The molecule has 1 nitrogen and oxygen atoms in total. The number of aromatic nitrogens is 1. The maximum absolute atomic E-state index is 13.5. The van der Waals surface area contributed by atoms with E-state index in [0.717, 1.165) is 16.5 Å². The van der Waals surface area contributed by atoms with Crippen molar-refractivity contribution in [2.75, 3.05) is 0 Å². The van der Waals surface area contributed by atoms with E-state index in [1.807, 2.05) is 13.0 Å². The van der Waals surface area contributed by atoms with Crippen LogP contribution in [0.4, 0.5) is 4.39 Å². The highest BCUT2D eigenvalue weighted by Crippen LogP contribution is 2.24. The van der Waals surface area contributed by atoms with Gasteiger partial charge in [-0.25, -0.2) is 9.37 Å². The van der Waals surface area contributed by atoms with Crippen LogP contribution in [0.1, 0.15) is 11.1 Å². The molecule has 1 heterocycles. The normalized spacial score (nSPS) is 10.9. The molecule has 0 aliphatic rings. The summed E-state index contributed by atoms with van der Waals surface area (Å²) in [6, 6.07) is 5.07. The Balaban J connectivity index is 2.81. The number of fused-ring (bicyclic) bond motifs is 1. The molecule has 2 rings (SSSR count). The van der Waals surface area contributed by atoms with Crippen molar-refractivity contribution in [1.82, 2.24) is 4.98 Å². The number of nitrogens with zero attached hydrogens (tertiary/aromatic N) is 1. The molecule has 78 valence electrons. The quantitative estimate of drug-likeness (QED) is 0.544. The fourth-order valence-corrected chi connectivity index (χ4v) is 1.98. The summed E-state index contributed by atoms with van der Waals surface area (Å²) < 4.78 is 13.5. The number of alkyl halides is 1. The number of aryl methyl sites for hydroxylation is 1. The Morgan fingerprint density at radius 3 is 2.73 bits per heavy atom. The van der Waals surface area contributed by atoms with E-state index >= 15 is 0 Å². The molecule has 2 aromatic rings. The van der Waals surface area contributed by atoms with Crippen LogP contribution in [-0.2, 0) is 5.88 Å². The first-order valence-corrected chi connectivity index (χ1v) is 5.34. The van der Waals surface area contributed by atoms with Crippen molar-refractivity contribution in [3.63, 3.8) is 0 Å². The molecule has 0 fully saturated rings. The van der Waals surface area contributed by atoms with Gasteiger partial charge < -0.3 is 0 Å². The van der Waals surface area contributed by atoms with Crippen molar-refractivity contribution in [3.8, 4) is 0 Å². The smallest absolute Gasteiger partial charge is 0.149 e. The summed E-state index contributed by atoms with van der Waals surface area (Å²) in [5, 5.41) is 0.993. The molecular weight excluding hydrogens is 236 g/mol. The van der Waals surface area contributed by atoms with E-state index in [2.05, 4.69) is 4.98 Å². The minimum atomic E-state index is -0.354. The highest BCUT2D eigenvalue weighted by Gasteiger charge is 2.08. The van der Waals surface area contributed by atoms with E-state index in [-0.39, 0.29) is 16.9 Å². The second-order valence-electron chi connectivity index (χ2n) is 3.39. The molecule has 0 spiro atoms. The standard InChI is InChI=1S/C11H8Cl2FN/c1-6-2-7-4-8(5-12)11(13)15-10(7)9(14)3-6/h2-4H,5H2,1H3. The third-order valence-corrected chi connectivity index (χ3v) is 2.80. The number of benzene rings is 1. The molecule has 0 aliphatic carbocycles. The van der Waals surface area contributed by atoms with Crippen LogP contribution in [0, 0.1) is 12.7 Å². The third-order valence-electron chi connectivity index (χ3n) is 2.19. The Morgan fingerprint density at radius 1 is 1.33 bits per heavy atom.